The van der Waals surface area contributed by atoms with Gasteiger partial charge in [-0.25, -0.2) is 0 Å². The van der Waals surface area contributed by atoms with E-state index in [1.807, 2.05) is 56.4 Å². The zero-order chi connectivity index (χ0) is 54.6. The summed E-state index contributed by atoms with van der Waals surface area (Å²) in [7, 11) is 0. The maximum atomic E-state index is 11.6. The number of aromatic nitrogens is 3. The van der Waals surface area contributed by atoms with Crippen LogP contribution in [0.4, 0.5) is 5.69 Å². The first-order valence-corrected chi connectivity index (χ1v) is 30.3. The van der Waals surface area contributed by atoms with Crippen LogP contribution < -0.4 is 66.6 Å². The topological polar surface area (TPSA) is 145 Å². The average molecular weight is 1370 g/mol. The Balaban J connectivity index is 0.000000209. The second-order valence-electron chi connectivity index (χ2n) is 19.0. The number of hydrogen-bond acceptors (Lipinski definition) is 14. The Morgan fingerprint density at radius 1 is 0.662 bits per heavy atom. The zero-order valence-electron chi connectivity index (χ0n) is 46.2. The normalized spacial score (nSPS) is 14.6. The number of nitrogens with zero attached hydrogens (tertiary/aromatic N) is 4. The Morgan fingerprint density at radius 2 is 1.21 bits per heavy atom. The fourth-order valence-electron chi connectivity index (χ4n) is 9.89. The van der Waals surface area contributed by atoms with Gasteiger partial charge in [-0.15, -0.1) is 0 Å². The summed E-state index contributed by atoms with van der Waals surface area (Å²) in [5.74, 6) is 0.357. The van der Waals surface area contributed by atoms with Crippen molar-refractivity contribution in [2.45, 2.75) is 126 Å². The van der Waals surface area contributed by atoms with E-state index < -0.39 is 0 Å². The van der Waals surface area contributed by atoms with Crippen molar-refractivity contribution < 1.29 is 110 Å². The number of phenols is 2. The van der Waals surface area contributed by atoms with Gasteiger partial charge in [-0.1, -0.05) is 59.5 Å². The lowest BCUT2D eigenvalue weighted by molar-refractivity contribution is -0.703. The fourth-order valence-corrected chi connectivity index (χ4v) is 13.0. The summed E-state index contributed by atoms with van der Waals surface area (Å²) in [5, 5.41) is 23.8. The molecule has 80 heavy (non-hydrogen) atoms. The first-order chi connectivity index (χ1) is 38.1. The van der Waals surface area contributed by atoms with Crippen LogP contribution in [0.5, 0.6) is 11.5 Å². The van der Waals surface area contributed by atoms with E-state index in [2.05, 4.69) is 104 Å². The number of unbranched alkanes of at least 4 members (excludes halogenated alkanes) is 4. The van der Waals surface area contributed by atoms with E-state index in [1.54, 1.807) is 35.7 Å². The van der Waals surface area contributed by atoms with E-state index in [9.17, 15) is 19.8 Å². The smallest absolute Gasteiger partial charge is 0.305 e. The van der Waals surface area contributed by atoms with Crippen molar-refractivity contribution in [3.05, 3.63) is 126 Å². The maximum absolute atomic E-state index is 11.6. The molecule has 3 aliphatic heterocycles. The number of carbonyl (C=O) groups is 2. The molecule has 0 atom stereocenters. The van der Waals surface area contributed by atoms with Crippen LogP contribution >= 0.6 is 34.9 Å². The van der Waals surface area contributed by atoms with Crippen LogP contribution in [-0.4, -0.2) is 87.2 Å². The minimum absolute atomic E-state index is 0. The monoisotopic (exact) mass is 1370 g/mol. The number of carbonyl (C=O) groups excluding carboxylic acids is 2. The lowest BCUT2D eigenvalue weighted by Crippen LogP contribution is -3.00. The predicted molar refractivity (Wildman–Crippen MR) is 309 cm³/mol. The van der Waals surface area contributed by atoms with Gasteiger partial charge < -0.3 is 91.5 Å². The van der Waals surface area contributed by atoms with Gasteiger partial charge in [0.1, 0.15) is 29.3 Å². The number of thioether (sulfide) groups is 2. The Labute approximate surface area is 517 Å². The molecule has 0 aliphatic carbocycles. The van der Waals surface area contributed by atoms with Gasteiger partial charge in [0.2, 0.25) is 16.6 Å². The molecule has 6 heterocycles. The van der Waals surface area contributed by atoms with E-state index in [-0.39, 0.29) is 78.2 Å². The molecule has 14 nitrogen and oxygen atoms in total. The molecule has 0 radical (unpaired) electrons. The summed E-state index contributed by atoms with van der Waals surface area (Å²) < 4.78 is 41.7. The Morgan fingerprint density at radius 3 is 1.84 bits per heavy atom. The van der Waals surface area contributed by atoms with Crippen LogP contribution in [0.25, 0.3) is 38.1 Å². The summed E-state index contributed by atoms with van der Waals surface area (Å²) in [6.45, 7) is 12.7. The van der Waals surface area contributed by atoms with E-state index in [4.69, 9.17) is 28.4 Å². The summed E-state index contributed by atoms with van der Waals surface area (Å²) in [5.41, 5.74) is 6.58. The number of hydrogen-bond donors (Lipinski definition) is 2. The first-order valence-electron chi connectivity index (χ1n) is 27.4. The molecular formula is C61H75I2N4O10S3+. The highest BCUT2D eigenvalue weighted by atomic mass is 127. The third-order valence-corrected chi connectivity index (χ3v) is 17.1. The molecule has 0 bridgehead atoms. The molecule has 3 aromatic heterocycles. The molecule has 2 fully saturated rings. The summed E-state index contributed by atoms with van der Waals surface area (Å²) in [6.07, 6.45) is 16.5. The van der Waals surface area contributed by atoms with Crippen LogP contribution in [0.2, 0.25) is 0 Å². The van der Waals surface area contributed by atoms with Gasteiger partial charge in [0.15, 0.2) is 31.5 Å². The lowest BCUT2D eigenvalue weighted by atomic mass is 10.1. The largest absolute Gasteiger partial charge is 1.00 e. The zero-order valence-corrected chi connectivity index (χ0v) is 53.0. The van der Waals surface area contributed by atoms with Gasteiger partial charge in [-0.05, 0) is 106 Å². The van der Waals surface area contributed by atoms with Crippen LogP contribution in [0.15, 0.2) is 124 Å². The molecular weight excluding hydrogens is 1300 g/mol. The molecule has 0 spiro atoms. The molecule has 19 heteroatoms. The van der Waals surface area contributed by atoms with Gasteiger partial charge in [0.25, 0.3) is 4.34 Å². The Hall–Kier alpha value is -4.33. The van der Waals surface area contributed by atoms with Crippen molar-refractivity contribution in [3.63, 3.8) is 0 Å². The number of thiazole rings is 1. The quantitative estimate of drug-likeness (QED) is 0.0287. The second-order valence-corrected chi connectivity index (χ2v) is 22.2. The number of aryl methyl sites for hydroxylation is 4. The van der Waals surface area contributed by atoms with E-state index in [0.29, 0.717) is 45.0 Å². The number of phenolic OH excluding ortho intramolecular Hbond substituents is 2. The molecule has 10 rings (SSSR count). The highest BCUT2D eigenvalue weighted by molar-refractivity contribution is 8.04. The van der Waals surface area contributed by atoms with E-state index >= 15 is 0 Å². The minimum Gasteiger partial charge on any atom is -1.00 e. The standard InChI is InChI=1S/C30H34N2O5S.C18H23NO3.C13H16NO2S2.2HI/c1-2-35-28(34)13-4-3-7-16-31-17-14-22(30-24(31)10-8-11-25(30)33)21-27-32(18-15-29-36-19-20-37-29)23-9-5-6-12-26(23)38-27;1-3-22-17(21)10-5-4-6-12-19-13-11-14(2)18-15(19)8-7-9-16(18)20;1-17-13-14(7-6-12-15-8-9-16-12)10-4-2-3-5-11(10)18-13;;/h5-6,8-12,14,17,21,29H,2-4,7,13,15-16,18-20H2,1H3;7-9,11,13H,3-6,10,12H2,1-2H3;2-5,12H,6-9H2,1H3;2*1H/q;;+1;;. The van der Waals surface area contributed by atoms with Crippen LogP contribution in [0, 0.1) is 6.92 Å². The number of fused-ring (bicyclic) bond motifs is 4. The number of para-hydroxylation sites is 2. The van der Waals surface area contributed by atoms with Crippen molar-refractivity contribution >= 4 is 90.6 Å². The van der Waals surface area contributed by atoms with Crippen LogP contribution in [0.1, 0.15) is 89.2 Å². The molecule has 2 saturated heterocycles. The summed E-state index contributed by atoms with van der Waals surface area (Å²) in [4.78, 5) is 26.4. The fraction of sp³-hybridized carbons (Fsp3) is 0.426. The predicted octanol–water partition coefficient (Wildman–Crippen LogP) is 5.58. The maximum Gasteiger partial charge on any atom is 0.305 e. The molecule has 4 aromatic carbocycles. The number of halogens is 2. The molecule has 3 aliphatic rings. The van der Waals surface area contributed by atoms with E-state index in [0.717, 1.165) is 129 Å². The Kier molecular flexibility index (Phi) is 27.3. The molecule has 0 amide bonds. The van der Waals surface area contributed by atoms with Crippen molar-refractivity contribution in [2.75, 3.05) is 57.3 Å². The minimum atomic E-state index is -0.160. The molecule has 0 unspecified atom stereocenters. The lowest BCUT2D eigenvalue weighted by Gasteiger charge is -2.22. The van der Waals surface area contributed by atoms with Crippen molar-refractivity contribution in [1.29, 1.82) is 0 Å². The molecule has 0 saturated carbocycles. The number of esters is 2. The highest BCUT2D eigenvalue weighted by Crippen LogP contribution is 2.47. The summed E-state index contributed by atoms with van der Waals surface area (Å²) in [6, 6.07) is 32.4. The molecule has 430 valence electrons. The SMILES string of the molecule is CCOC(=O)CCCCC[n+]1ccc(C)c2c(O)cccc21.CCOC(=O)CCCCC[n+]1ccc(C=C2Sc3ccccc3N2CCC2OCCO2)c2c(O)cccc21.CSc1sc2ccccc2[n+]1CCC1OCCO1.[I-].[I-]. The van der Waals surface area contributed by atoms with Crippen LogP contribution in [-0.2, 0) is 57.6 Å². The number of anilines is 1. The first kappa shape index (κ1) is 64.8. The number of aromatic hydroxyl groups is 2. The molecule has 2 N–H and O–H groups in total. The number of benzene rings is 4. The van der Waals surface area contributed by atoms with Gasteiger partial charge in [-0.3, -0.25) is 9.59 Å². The molecule has 7 aromatic rings. The van der Waals surface area contributed by atoms with Crippen molar-refractivity contribution in [1.82, 2.24) is 0 Å². The highest BCUT2D eigenvalue weighted by Gasteiger charge is 2.28. The number of ether oxygens (including phenoxy) is 6. The third kappa shape index (κ3) is 17.8. The Bertz CT molecular complexity index is 3130. The van der Waals surface area contributed by atoms with Gasteiger partial charge >= 0.3 is 11.9 Å². The third-order valence-electron chi connectivity index (χ3n) is 13.7. The van der Waals surface area contributed by atoms with Gasteiger partial charge in [0.05, 0.1) is 67.6 Å². The number of pyridine rings is 2. The van der Waals surface area contributed by atoms with Crippen LogP contribution in [0.3, 0.4) is 0 Å². The van der Waals surface area contributed by atoms with Crippen molar-refractivity contribution in [3.8, 4) is 11.5 Å². The summed E-state index contributed by atoms with van der Waals surface area (Å²) >= 11 is 5.40. The average Bonchev–Trinajstić information content (AvgIpc) is 4.36. The van der Waals surface area contributed by atoms with Gasteiger partial charge in [-0.2, -0.15) is 13.7 Å². The number of rotatable bonds is 22. The second kappa shape index (κ2) is 33.7. The van der Waals surface area contributed by atoms with Gasteiger partial charge in [0, 0.05) is 79.4 Å². The van der Waals surface area contributed by atoms with E-state index in [1.165, 1.54) is 25.1 Å². The van der Waals surface area contributed by atoms with Crippen molar-refractivity contribution in [2.24, 2.45) is 0 Å².